The Morgan fingerprint density at radius 3 is 2.54 bits per heavy atom. The molecule has 0 aliphatic rings. The monoisotopic (exact) mass is 498 g/mol. The van der Waals surface area contributed by atoms with Crippen molar-refractivity contribution in [1.29, 1.82) is 5.26 Å². The molecule has 4 aromatic rings. The van der Waals surface area contributed by atoms with E-state index in [1.165, 1.54) is 36.4 Å². The van der Waals surface area contributed by atoms with Crippen LogP contribution in [0.5, 0.6) is 5.75 Å². The van der Waals surface area contributed by atoms with Crippen molar-refractivity contribution in [2.24, 2.45) is 0 Å². The Labute approximate surface area is 213 Å². The molecule has 3 aromatic carbocycles. The summed E-state index contributed by atoms with van der Waals surface area (Å²) in [6.45, 7) is 2.44. The summed E-state index contributed by atoms with van der Waals surface area (Å²) in [7, 11) is 0. The largest absolute Gasteiger partial charge is 0.491 e. The summed E-state index contributed by atoms with van der Waals surface area (Å²) in [6, 6.07) is 20.9. The van der Waals surface area contributed by atoms with Gasteiger partial charge in [-0.25, -0.2) is 13.5 Å². The smallest absolute Gasteiger partial charge is 0.266 e. The topological polar surface area (TPSA) is 79.9 Å². The molecule has 0 bridgehead atoms. The maximum absolute atomic E-state index is 14.8. The van der Waals surface area contributed by atoms with Gasteiger partial charge in [-0.15, -0.1) is 0 Å². The number of anilines is 1. The number of hydrogen-bond acceptors (Lipinski definition) is 4. The van der Waals surface area contributed by atoms with Crippen LogP contribution in [-0.4, -0.2) is 22.3 Å². The maximum Gasteiger partial charge on any atom is 0.266 e. The van der Waals surface area contributed by atoms with Crippen molar-refractivity contribution in [3.05, 3.63) is 102 Å². The minimum Gasteiger partial charge on any atom is -0.491 e. The van der Waals surface area contributed by atoms with E-state index in [0.717, 1.165) is 18.5 Å². The number of ether oxygens (including phenoxy) is 1. The molecular weight excluding hydrogens is 474 g/mol. The lowest BCUT2D eigenvalue weighted by atomic mass is 10.1. The van der Waals surface area contributed by atoms with Gasteiger partial charge in [-0.1, -0.05) is 31.5 Å². The Morgan fingerprint density at radius 1 is 1.11 bits per heavy atom. The number of nitrogens with one attached hydrogen (secondary N) is 1. The van der Waals surface area contributed by atoms with Crippen LogP contribution >= 0.6 is 0 Å². The number of carbonyl (C=O) groups excluding carboxylic acids is 1. The van der Waals surface area contributed by atoms with Gasteiger partial charge in [-0.05, 0) is 67.1 Å². The molecule has 0 fully saturated rings. The molecule has 6 nitrogen and oxygen atoms in total. The first-order valence-corrected chi connectivity index (χ1v) is 11.7. The van der Waals surface area contributed by atoms with Gasteiger partial charge in [0.25, 0.3) is 5.91 Å². The van der Waals surface area contributed by atoms with Crippen LogP contribution in [0.15, 0.2) is 84.6 Å². The van der Waals surface area contributed by atoms with E-state index in [1.807, 2.05) is 43.3 Å². The van der Waals surface area contributed by atoms with Crippen molar-refractivity contribution in [3.63, 3.8) is 0 Å². The molecule has 0 unspecified atom stereocenters. The first-order valence-electron chi connectivity index (χ1n) is 11.7. The average molecular weight is 499 g/mol. The Balaban J connectivity index is 1.71. The number of nitriles is 1. The van der Waals surface area contributed by atoms with Crippen LogP contribution in [0.4, 0.5) is 14.5 Å². The fourth-order valence-electron chi connectivity index (χ4n) is 3.56. The number of unbranched alkanes of at least 4 members (excludes halogenated alkanes) is 1. The van der Waals surface area contributed by atoms with Crippen molar-refractivity contribution in [2.75, 3.05) is 11.9 Å². The van der Waals surface area contributed by atoms with E-state index in [4.69, 9.17) is 4.74 Å². The lowest BCUT2D eigenvalue weighted by Gasteiger charge is -2.08. The van der Waals surface area contributed by atoms with Gasteiger partial charge in [-0.3, -0.25) is 4.79 Å². The van der Waals surface area contributed by atoms with Gasteiger partial charge in [0.05, 0.1) is 12.3 Å². The quantitative estimate of drug-likeness (QED) is 0.161. The minimum atomic E-state index is -0.668. The van der Waals surface area contributed by atoms with E-state index < -0.39 is 17.5 Å². The number of nitrogens with zero attached hydrogens (tertiary/aromatic N) is 3. The zero-order valence-corrected chi connectivity index (χ0v) is 20.1. The molecule has 1 heterocycles. The van der Waals surface area contributed by atoms with Gasteiger partial charge < -0.3 is 10.1 Å². The normalized spacial score (nSPS) is 11.1. The summed E-state index contributed by atoms with van der Waals surface area (Å²) < 4.78 is 35.1. The van der Waals surface area contributed by atoms with Gasteiger partial charge in [-0.2, -0.15) is 10.4 Å². The SMILES string of the molecule is CCCCOc1ccc(-c2nn(-c3ccccc3)cc2/C=C(\C#N)C(=O)Nc2ccc(F)cc2)cc1F. The summed E-state index contributed by atoms with van der Waals surface area (Å²) in [5.41, 5.74) is 2.17. The Morgan fingerprint density at radius 2 is 1.86 bits per heavy atom. The van der Waals surface area contributed by atoms with Gasteiger partial charge in [0.1, 0.15) is 23.2 Å². The van der Waals surface area contributed by atoms with Crippen molar-refractivity contribution >= 4 is 17.7 Å². The van der Waals surface area contributed by atoms with Gasteiger partial charge in [0.2, 0.25) is 0 Å². The molecule has 0 saturated heterocycles. The van der Waals surface area contributed by atoms with Crippen LogP contribution in [-0.2, 0) is 4.79 Å². The predicted molar refractivity (Wildman–Crippen MR) is 138 cm³/mol. The Kier molecular flexibility index (Phi) is 8.06. The van der Waals surface area contributed by atoms with Crippen molar-refractivity contribution in [2.45, 2.75) is 19.8 Å². The molecule has 1 amide bonds. The molecule has 0 radical (unpaired) electrons. The van der Waals surface area contributed by atoms with Crippen LogP contribution in [0, 0.1) is 23.0 Å². The van der Waals surface area contributed by atoms with E-state index in [-0.39, 0.29) is 11.3 Å². The average Bonchev–Trinajstić information content (AvgIpc) is 3.34. The van der Waals surface area contributed by atoms with Crippen LogP contribution in [0.3, 0.4) is 0 Å². The van der Waals surface area contributed by atoms with Crippen molar-refractivity contribution < 1.29 is 18.3 Å². The molecular formula is C29H24F2N4O2. The number of halogens is 2. The Bertz CT molecular complexity index is 1460. The fourth-order valence-corrected chi connectivity index (χ4v) is 3.56. The first kappa shape index (κ1) is 25.3. The van der Waals surface area contributed by atoms with Crippen molar-refractivity contribution in [3.8, 4) is 28.8 Å². The fraction of sp³-hybridized carbons (Fsp3) is 0.138. The summed E-state index contributed by atoms with van der Waals surface area (Å²) in [5.74, 6) is -1.50. The van der Waals surface area contributed by atoms with Crippen LogP contribution in [0.2, 0.25) is 0 Å². The molecule has 0 spiro atoms. The number of amides is 1. The summed E-state index contributed by atoms with van der Waals surface area (Å²) in [5, 5.41) is 16.9. The highest BCUT2D eigenvalue weighted by Gasteiger charge is 2.17. The third-order valence-electron chi connectivity index (χ3n) is 5.49. The number of rotatable bonds is 9. The molecule has 4 rings (SSSR count). The standard InChI is InChI=1S/C29H24F2N4O2/c1-2-3-15-37-27-14-9-20(17-26(27)31)28-22(19-35(34-28)25-7-5-4-6-8-25)16-21(18-32)29(36)33-24-12-10-23(30)11-13-24/h4-14,16-17,19H,2-3,15H2,1H3,(H,33,36)/b21-16+. The lowest BCUT2D eigenvalue weighted by Crippen LogP contribution is -2.13. The summed E-state index contributed by atoms with van der Waals surface area (Å²) in [6.07, 6.45) is 4.80. The molecule has 0 saturated carbocycles. The predicted octanol–water partition coefficient (Wildman–Crippen LogP) is 6.54. The number of benzene rings is 3. The number of carbonyl (C=O) groups is 1. The third-order valence-corrected chi connectivity index (χ3v) is 5.49. The lowest BCUT2D eigenvalue weighted by molar-refractivity contribution is -0.112. The zero-order chi connectivity index (χ0) is 26.2. The molecule has 8 heteroatoms. The second-order valence-corrected chi connectivity index (χ2v) is 8.19. The zero-order valence-electron chi connectivity index (χ0n) is 20.1. The second kappa shape index (κ2) is 11.8. The van der Waals surface area contributed by atoms with E-state index in [2.05, 4.69) is 10.4 Å². The van der Waals surface area contributed by atoms with Crippen LogP contribution in [0.1, 0.15) is 25.3 Å². The third kappa shape index (κ3) is 6.27. The van der Waals surface area contributed by atoms with E-state index in [1.54, 1.807) is 23.0 Å². The van der Waals surface area contributed by atoms with E-state index in [0.29, 0.717) is 29.1 Å². The van der Waals surface area contributed by atoms with Crippen LogP contribution < -0.4 is 10.1 Å². The molecule has 186 valence electrons. The minimum absolute atomic E-state index is 0.146. The van der Waals surface area contributed by atoms with Crippen molar-refractivity contribution in [1.82, 2.24) is 9.78 Å². The highest BCUT2D eigenvalue weighted by Crippen LogP contribution is 2.30. The molecule has 1 N–H and O–H groups in total. The second-order valence-electron chi connectivity index (χ2n) is 8.19. The molecule has 0 aliphatic carbocycles. The summed E-state index contributed by atoms with van der Waals surface area (Å²) >= 11 is 0. The van der Waals surface area contributed by atoms with Gasteiger partial charge in [0.15, 0.2) is 11.6 Å². The van der Waals surface area contributed by atoms with E-state index in [9.17, 15) is 18.8 Å². The summed E-state index contributed by atoms with van der Waals surface area (Å²) in [4.78, 5) is 12.8. The molecule has 0 aliphatic heterocycles. The first-order chi connectivity index (χ1) is 18.0. The number of hydrogen-bond donors (Lipinski definition) is 1. The Hall–Kier alpha value is -4.77. The number of aromatic nitrogens is 2. The van der Waals surface area contributed by atoms with Gasteiger partial charge in [0, 0.05) is 23.0 Å². The maximum atomic E-state index is 14.8. The molecule has 37 heavy (non-hydrogen) atoms. The highest BCUT2D eigenvalue weighted by molar-refractivity contribution is 6.10. The van der Waals surface area contributed by atoms with Gasteiger partial charge >= 0.3 is 0 Å². The van der Waals surface area contributed by atoms with Crippen LogP contribution in [0.25, 0.3) is 23.0 Å². The van der Waals surface area contributed by atoms with E-state index >= 15 is 0 Å². The molecule has 1 aromatic heterocycles. The number of para-hydroxylation sites is 1. The highest BCUT2D eigenvalue weighted by atomic mass is 19.1. The molecule has 0 atom stereocenters.